The minimum absolute atomic E-state index is 0.555. The van der Waals surface area contributed by atoms with Gasteiger partial charge >= 0.3 is 0 Å². The molecule has 2 aromatic rings. The highest BCUT2D eigenvalue weighted by Crippen LogP contribution is 2.18. The molecule has 1 aliphatic heterocycles. The minimum atomic E-state index is 0.555. The Morgan fingerprint density at radius 3 is 2.86 bits per heavy atom. The van der Waals surface area contributed by atoms with Crippen molar-refractivity contribution in [3.05, 3.63) is 33.8 Å². The van der Waals surface area contributed by atoms with Gasteiger partial charge in [-0.1, -0.05) is 0 Å². The molecule has 0 unspecified atom stereocenters. The molecule has 0 amide bonds. The monoisotopic (exact) mass is 319 g/mol. The first kappa shape index (κ1) is 15.6. The highest BCUT2D eigenvalue weighted by Gasteiger charge is 2.21. The van der Waals surface area contributed by atoms with E-state index in [4.69, 9.17) is 0 Å². The molecule has 0 N–H and O–H groups in total. The fourth-order valence-corrected chi connectivity index (χ4v) is 3.39. The van der Waals surface area contributed by atoms with E-state index in [2.05, 4.69) is 57.5 Å². The third-order valence-electron chi connectivity index (χ3n) is 4.37. The van der Waals surface area contributed by atoms with Gasteiger partial charge in [-0.05, 0) is 27.8 Å². The van der Waals surface area contributed by atoms with Gasteiger partial charge < -0.3 is 4.57 Å². The van der Waals surface area contributed by atoms with Gasteiger partial charge in [0.15, 0.2) is 0 Å². The van der Waals surface area contributed by atoms with Gasteiger partial charge in [0.05, 0.1) is 22.9 Å². The molecule has 6 heteroatoms. The number of aryl methyl sites for hydroxylation is 1. The molecule has 1 aliphatic rings. The van der Waals surface area contributed by atoms with Crippen LogP contribution >= 0.6 is 11.3 Å². The van der Waals surface area contributed by atoms with Gasteiger partial charge in [-0.3, -0.25) is 9.80 Å². The molecule has 3 rings (SSSR count). The maximum Gasteiger partial charge on any atom is 0.123 e. The van der Waals surface area contributed by atoms with Gasteiger partial charge in [-0.25, -0.2) is 9.97 Å². The van der Waals surface area contributed by atoms with Gasteiger partial charge in [0.1, 0.15) is 5.82 Å². The lowest BCUT2D eigenvalue weighted by atomic mass is 10.3. The standard InChI is InChI=1S/C16H25N5S/c1-12(2)19(4)9-15-7-17-16-10-20(5-6-21(15)16)8-14-11-22-13(3)18-14/h7,11-12H,5-6,8-10H2,1-4H3. The molecule has 0 bridgehead atoms. The minimum Gasteiger partial charge on any atom is -0.328 e. The Morgan fingerprint density at radius 1 is 1.36 bits per heavy atom. The van der Waals surface area contributed by atoms with Crippen LogP contribution in [0.1, 0.15) is 36.1 Å². The van der Waals surface area contributed by atoms with E-state index in [0.717, 1.165) is 37.7 Å². The summed E-state index contributed by atoms with van der Waals surface area (Å²) in [6.45, 7) is 11.4. The van der Waals surface area contributed by atoms with Crippen molar-refractivity contribution in [3.8, 4) is 0 Å². The van der Waals surface area contributed by atoms with Crippen molar-refractivity contribution in [1.29, 1.82) is 0 Å². The van der Waals surface area contributed by atoms with Gasteiger partial charge in [-0.2, -0.15) is 0 Å². The largest absolute Gasteiger partial charge is 0.328 e. The molecule has 5 nitrogen and oxygen atoms in total. The fourth-order valence-electron chi connectivity index (χ4n) is 2.78. The quantitative estimate of drug-likeness (QED) is 0.848. The predicted octanol–water partition coefficient (Wildman–Crippen LogP) is 2.50. The highest BCUT2D eigenvalue weighted by atomic mass is 32.1. The van der Waals surface area contributed by atoms with Crippen LogP contribution < -0.4 is 0 Å². The summed E-state index contributed by atoms with van der Waals surface area (Å²) in [7, 11) is 2.17. The molecule has 22 heavy (non-hydrogen) atoms. The molecule has 120 valence electrons. The number of hydrogen-bond donors (Lipinski definition) is 0. The molecule has 0 saturated carbocycles. The van der Waals surface area contributed by atoms with Crippen LogP contribution in [0.25, 0.3) is 0 Å². The van der Waals surface area contributed by atoms with E-state index in [0.29, 0.717) is 6.04 Å². The van der Waals surface area contributed by atoms with Gasteiger partial charge in [0, 0.05) is 43.8 Å². The summed E-state index contributed by atoms with van der Waals surface area (Å²) in [6, 6.07) is 0.555. The average molecular weight is 319 g/mol. The Morgan fingerprint density at radius 2 is 2.18 bits per heavy atom. The van der Waals surface area contributed by atoms with Crippen LogP contribution in [-0.4, -0.2) is 44.0 Å². The predicted molar refractivity (Wildman–Crippen MR) is 89.8 cm³/mol. The van der Waals surface area contributed by atoms with E-state index in [9.17, 15) is 0 Å². The third kappa shape index (κ3) is 3.39. The SMILES string of the molecule is Cc1nc(CN2CCn3c(CN(C)C(C)C)cnc3C2)cs1. The zero-order chi connectivity index (χ0) is 15.7. The van der Waals surface area contributed by atoms with Crippen molar-refractivity contribution in [2.45, 2.75) is 53.0 Å². The number of nitrogens with zero attached hydrogens (tertiary/aromatic N) is 5. The van der Waals surface area contributed by atoms with Crippen LogP contribution in [0.3, 0.4) is 0 Å². The zero-order valence-corrected chi connectivity index (χ0v) is 14.7. The zero-order valence-electron chi connectivity index (χ0n) is 13.9. The van der Waals surface area contributed by atoms with Crippen molar-refractivity contribution in [1.82, 2.24) is 24.3 Å². The molecule has 0 aromatic carbocycles. The Labute approximate surface area is 136 Å². The molecule has 0 saturated heterocycles. The second kappa shape index (κ2) is 6.48. The molecule has 3 heterocycles. The molecule has 0 aliphatic carbocycles. The Balaban J connectivity index is 1.65. The lowest BCUT2D eigenvalue weighted by Gasteiger charge is -2.29. The van der Waals surface area contributed by atoms with Crippen LogP contribution in [0, 0.1) is 6.92 Å². The van der Waals surface area contributed by atoms with E-state index >= 15 is 0 Å². The van der Waals surface area contributed by atoms with Crippen molar-refractivity contribution in [2.24, 2.45) is 0 Å². The van der Waals surface area contributed by atoms with Crippen LogP contribution in [0.15, 0.2) is 11.6 Å². The summed E-state index contributed by atoms with van der Waals surface area (Å²) >= 11 is 1.73. The summed E-state index contributed by atoms with van der Waals surface area (Å²) < 4.78 is 2.39. The summed E-state index contributed by atoms with van der Waals surface area (Å²) in [5.74, 6) is 1.19. The van der Waals surface area contributed by atoms with Gasteiger partial charge in [0.2, 0.25) is 0 Å². The van der Waals surface area contributed by atoms with E-state index < -0.39 is 0 Å². The maximum absolute atomic E-state index is 4.64. The molecule has 0 atom stereocenters. The average Bonchev–Trinajstić information content (AvgIpc) is 3.05. The van der Waals surface area contributed by atoms with E-state index in [1.807, 2.05) is 6.20 Å². The van der Waals surface area contributed by atoms with Gasteiger partial charge in [0.25, 0.3) is 0 Å². The molecular weight excluding hydrogens is 294 g/mol. The van der Waals surface area contributed by atoms with Crippen LogP contribution in [0.2, 0.25) is 0 Å². The summed E-state index contributed by atoms with van der Waals surface area (Å²) in [4.78, 5) is 14.0. The second-order valence-electron chi connectivity index (χ2n) is 6.39. The summed E-state index contributed by atoms with van der Waals surface area (Å²) in [6.07, 6.45) is 2.05. The maximum atomic E-state index is 4.64. The number of imidazole rings is 1. The molecule has 0 fully saturated rings. The Bertz CT molecular complexity index is 630. The van der Waals surface area contributed by atoms with Crippen LogP contribution in [0.4, 0.5) is 0 Å². The molecule has 0 radical (unpaired) electrons. The molecule has 0 spiro atoms. The van der Waals surface area contributed by atoms with Crippen molar-refractivity contribution in [2.75, 3.05) is 13.6 Å². The number of fused-ring (bicyclic) bond motifs is 1. The fraction of sp³-hybridized carbons (Fsp3) is 0.625. The van der Waals surface area contributed by atoms with Crippen molar-refractivity contribution >= 4 is 11.3 Å². The molecular formula is C16H25N5S. The Hall–Kier alpha value is -1.24. The normalized spacial score (nSPS) is 15.7. The van der Waals surface area contributed by atoms with E-state index in [1.165, 1.54) is 17.2 Å². The number of thiazole rings is 1. The first-order valence-electron chi connectivity index (χ1n) is 7.90. The first-order valence-corrected chi connectivity index (χ1v) is 8.77. The lowest BCUT2D eigenvalue weighted by Crippen LogP contribution is -2.35. The van der Waals surface area contributed by atoms with Crippen molar-refractivity contribution in [3.63, 3.8) is 0 Å². The van der Waals surface area contributed by atoms with Gasteiger partial charge in [-0.15, -0.1) is 11.3 Å². The highest BCUT2D eigenvalue weighted by molar-refractivity contribution is 7.09. The third-order valence-corrected chi connectivity index (χ3v) is 5.19. The molecule has 2 aromatic heterocycles. The number of hydrogen-bond acceptors (Lipinski definition) is 5. The lowest BCUT2D eigenvalue weighted by molar-refractivity contribution is 0.199. The van der Waals surface area contributed by atoms with Crippen LogP contribution in [0.5, 0.6) is 0 Å². The number of rotatable bonds is 5. The van der Waals surface area contributed by atoms with Crippen LogP contribution in [-0.2, 0) is 26.2 Å². The van der Waals surface area contributed by atoms with E-state index in [-0.39, 0.29) is 0 Å². The second-order valence-corrected chi connectivity index (χ2v) is 7.46. The number of aromatic nitrogens is 3. The summed E-state index contributed by atoms with van der Waals surface area (Å²) in [5.41, 5.74) is 2.51. The topological polar surface area (TPSA) is 37.2 Å². The van der Waals surface area contributed by atoms with E-state index in [1.54, 1.807) is 11.3 Å². The first-order chi connectivity index (χ1) is 10.5. The smallest absolute Gasteiger partial charge is 0.123 e. The van der Waals surface area contributed by atoms with Crippen molar-refractivity contribution < 1.29 is 0 Å². The summed E-state index contributed by atoms with van der Waals surface area (Å²) in [5, 5.41) is 3.31. The Kier molecular flexibility index (Phi) is 4.61.